The van der Waals surface area contributed by atoms with E-state index in [0.29, 0.717) is 5.25 Å². The third-order valence-electron chi connectivity index (χ3n) is 1.81. The van der Waals surface area contributed by atoms with Crippen LogP contribution >= 0.6 is 11.8 Å². The van der Waals surface area contributed by atoms with Gasteiger partial charge in [0, 0.05) is 25.3 Å². The lowest BCUT2D eigenvalue weighted by molar-refractivity contribution is -0.118. The highest BCUT2D eigenvalue weighted by Crippen LogP contribution is 2.07. The zero-order valence-electron chi connectivity index (χ0n) is 8.72. The Bertz CT molecular complexity index is 142. The molecule has 1 atom stereocenters. The largest absolute Gasteiger partial charge is 0.355 e. The van der Waals surface area contributed by atoms with E-state index >= 15 is 0 Å². The van der Waals surface area contributed by atoms with Crippen LogP contribution in [0.1, 0.15) is 20.3 Å². The minimum Gasteiger partial charge on any atom is -0.355 e. The number of amides is 1. The molecule has 0 saturated carbocycles. The van der Waals surface area contributed by atoms with Gasteiger partial charge in [0.15, 0.2) is 0 Å². The van der Waals surface area contributed by atoms with Gasteiger partial charge in [-0.1, -0.05) is 6.92 Å². The van der Waals surface area contributed by atoms with Gasteiger partial charge in [-0.05, 0) is 19.2 Å². The second-order valence-corrected chi connectivity index (χ2v) is 4.34. The molecule has 1 unspecified atom stereocenters. The van der Waals surface area contributed by atoms with Gasteiger partial charge >= 0.3 is 0 Å². The maximum Gasteiger partial charge on any atom is 0.216 e. The lowest BCUT2D eigenvalue weighted by atomic mass is 10.3. The Morgan fingerprint density at radius 1 is 1.38 bits per heavy atom. The second-order valence-electron chi connectivity index (χ2n) is 3.07. The zero-order valence-corrected chi connectivity index (χ0v) is 9.54. The van der Waals surface area contributed by atoms with E-state index in [2.05, 4.69) is 23.8 Å². The Hall–Kier alpha value is -0.220. The molecule has 4 heteroatoms. The van der Waals surface area contributed by atoms with Crippen LogP contribution in [0.2, 0.25) is 0 Å². The van der Waals surface area contributed by atoms with Crippen molar-refractivity contribution < 1.29 is 4.79 Å². The first-order valence-corrected chi connectivity index (χ1v) is 5.93. The van der Waals surface area contributed by atoms with E-state index in [1.807, 2.05) is 11.8 Å². The summed E-state index contributed by atoms with van der Waals surface area (Å²) in [6.45, 7) is 6.38. The van der Waals surface area contributed by atoms with Crippen molar-refractivity contribution in [3.05, 3.63) is 0 Å². The van der Waals surface area contributed by atoms with Crippen molar-refractivity contribution in [2.45, 2.75) is 25.5 Å². The Morgan fingerprint density at radius 2 is 2.08 bits per heavy atom. The van der Waals surface area contributed by atoms with E-state index in [9.17, 15) is 4.79 Å². The van der Waals surface area contributed by atoms with Crippen LogP contribution in [0.5, 0.6) is 0 Å². The minimum atomic E-state index is 0.0410. The number of hydrogen-bond acceptors (Lipinski definition) is 3. The second kappa shape index (κ2) is 8.38. The van der Waals surface area contributed by atoms with Crippen molar-refractivity contribution >= 4 is 17.7 Å². The molecule has 13 heavy (non-hydrogen) atoms. The summed E-state index contributed by atoms with van der Waals surface area (Å²) in [6, 6.07) is 0. The number of carbonyl (C=O) groups is 1. The van der Waals surface area contributed by atoms with Gasteiger partial charge in [-0.15, -0.1) is 0 Å². The number of thioether (sulfide) groups is 1. The maximum absolute atomic E-state index is 10.5. The summed E-state index contributed by atoms with van der Waals surface area (Å²) in [5, 5.41) is 6.73. The van der Waals surface area contributed by atoms with Crippen molar-refractivity contribution in [1.82, 2.24) is 10.6 Å². The van der Waals surface area contributed by atoms with Crippen molar-refractivity contribution in [3.8, 4) is 0 Å². The van der Waals surface area contributed by atoms with E-state index < -0.39 is 0 Å². The molecular formula is C9H20N2OS. The van der Waals surface area contributed by atoms with Crippen LogP contribution in [0.3, 0.4) is 0 Å². The molecule has 0 rings (SSSR count). The molecule has 78 valence electrons. The molecular weight excluding hydrogens is 184 g/mol. The SMILES string of the molecule is CSC(C)CCNCCNC(C)=O. The van der Waals surface area contributed by atoms with Gasteiger partial charge in [-0.3, -0.25) is 4.79 Å². The average molecular weight is 204 g/mol. The van der Waals surface area contributed by atoms with Gasteiger partial charge in [0.25, 0.3) is 0 Å². The third-order valence-corrected chi connectivity index (χ3v) is 2.85. The molecule has 0 aliphatic carbocycles. The molecule has 0 aromatic heterocycles. The number of nitrogens with one attached hydrogen (secondary N) is 2. The minimum absolute atomic E-state index is 0.0410. The molecule has 0 radical (unpaired) electrons. The molecule has 0 aromatic rings. The summed E-state index contributed by atoms with van der Waals surface area (Å²) >= 11 is 1.88. The Balaban J connectivity index is 3.04. The topological polar surface area (TPSA) is 41.1 Å². The van der Waals surface area contributed by atoms with E-state index in [1.165, 1.54) is 13.3 Å². The highest BCUT2D eigenvalue weighted by molar-refractivity contribution is 7.99. The Kier molecular flexibility index (Phi) is 8.24. The van der Waals surface area contributed by atoms with Crippen LogP contribution in [0.15, 0.2) is 0 Å². The molecule has 0 bridgehead atoms. The third kappa shape index (κ3) is 9.70. The van der Waals surface area contributed by atoms with Crippen molar-refractivity contribution in [2.75, 3.05) is 25.9 Å². The molecule has 0 saturated heterocycles. The highest BCUT2D eigenvalue weighted by atomic mass is 32.2. The fourth-order valence-corrected chi connectivity index (χ4v) is 1.23. The van der Waals surface area contributed by atoms with Crippen LogP contribution in [0, 0.1) is 0 Å². The predicted octanol–water partition coefficient (Wildman–Crippen LogP) is 0.854. The van der Waals surface area contributed by atoms with Gasteiger partial charge in [0.2, 0.25) is 5.91 Å². The van der Waals surface area contributed by atoms with E-state index in [-0.39, 0.29) is 5.91 Å². The molecule has 0 aliphatic rings. The molecule has 1 amide bonds. The van der Waals surface area contributed by atoms with E-state index in [1.54, 1.807) is 0 Å². The molecule has 0 spiro atoms. The fraction of sp³-hybridized carbons (Fsp3) is 0.889. The van der Waals surface area contributed by atoms with Gasteiger partial charge in [-0.25, -0.2) is 0 Å². The van der Waals surface area contributed by atoms with Crippen molar-refractivity contribution in [1.29, 1.82) is 0 Å². The van der Waals surface area contributed by atoms with Gasteiger partial charge in [0.1, 0.15) is 0 Å². The highest BCUT2D eigenvalue weighted by Gasteiger charge is 1.97. The first-order chi connectivity index (χ1) is 6.16. The summed E-state index contributed by atoms with van der Waals surface area (Å²) in [7, 11) is 0. The van der Waals surface area contributed by atoms with Crippen LogP contribution < -0.4 is 10.6 Å². The average Bonchev–Trinajstić information content (AvgIpc) is 2.10. The molecule has 0 fully saturated rings. The Labute approximate surface area is 85.0 Å². The summed E-state index contributed by atoms with van der Waals surface area (Å²) in [6.07, 6.45) is 3.31. The van der Waals surface area contributed by atoms with Crippen molar-refractivity contribution in [3.63, 3.8) is 0 Å². The quantitative estimate of drug-likeness (QED) is 0.604. The lowest BCUT2D eigenvalue weighted by Gasteiger charge is -2.08. The molecule has 0 heterocycles. The normalized spacial score (nSPS) is 12.5. The molecule has 3 nitrogen and oxygen atoms in total. The van der Waals surface area contributed by atoms with Crippen LogP contribution in [-0.4, -0.2) is 37.0 Å². The van der Waals surface area contributed by atoms with Gasteiger partial charge in [0.05, 0.1) is 0 Å². The van der Waals surface area contributed by atoms with E-state index in [4.69, 9.17) is 0 Å². The summed E-state index contributed by atoms with van der Waals surface area (Å²) in [5.41, 5.74) is 0. The van der Waals surface area contributed by atoms with E-state index in [0.717, 1.165) is 19.6 Å². The summed E-state index contributed by atoms with van der Waals surface area (Å²) < 4.78 is 0. The fourth-order valence-electron chi connectivity index (χ4n) is 0.875. The molecule has 0 aliphatic heterocycles. The van der Waals surface area contributed by atoms with Gasteiger partial charge < -0.3 is 10.6 Å². The smallest absolute Gasteiger partial charge is 0.216 e. The first-order valence-electron chi connectivity index (χ1n) is 4.64. The lowest BCUT2D eigenvalue weighted by Crippen LogP contribution is -2.31. The number of carbonyl (C=O) groups excluding carboxylic acids is 1. The Morgan fingerprint density at radius 3 is 2.62 bits per heavy atom. The first kappa shape index (κ1) is 12.8. The summed E-state index contributed by atoms with van der Waals surface area (Å²) in [4.78, 5) is 10.5. The standard InChI is InChI=1S/C9H20N2OS/c1-8(13-3)4-5-10-6-7-11-9(2)12/h8,10H,4-7H2,1-3H3,(H,11,12). The monoisotopic (exact) mass is 204 g/mol. The van der Waals surface area contributed by atoms with Crippen LogP contribution in [0.25, 0.3) is 0 Å². The maximum atomic E-state index is 10.5. The summed E-state index contributed by atoms with van der Waals surface area (Å²) in [5.74, 6) is 0.0410. The van der Waals surface area contributed by atoms with Crippen molar-refractivity contribution in [2.24, 2.45) is 0 Å². The zero-order chi connectivity index (χ0) is 10.1. The predicted molar refractivity (Wildman–Crippen MR) is 59.1 cm³/mol. The van der Waals surface area contributed by atoms with Gasteiger partial charge in [-0.2, -0.15) is 11.8 Å². The van der Waals surface area contributed by atoms with Crippen LogP contribution in [0.4, 0.5) is 0 Å². The molecule has 2 N–H and O–H groups in total. The molecule has 0 aromatic carbocycles. The van der Waals surface area contributed by atoms with Crippen LogP contribution in [-0.2, 0) is 4.79 Å². The number of rotatable bonds is 7. The number of hydrogen-bond donors (Lipinski definition) is 2.